The summed E-state index contributed by atoms with van der Waals surface area (Å²) in [6.45, 7) is 2.69. The smallest absolute Gasteiger partial charge is 0.135 e. The summed E-state index contributed by atoms with van der Waals surface area (Å²) in [5.74, 6) is 7.28. The third kappa shape index (κ3) is 3.77. The van der Waals surface area contributed by atoms with Crippen molar-refractivity contribution in [3.63, 3.8) is 0 Å². The molecular weight excluding hydrogens is 266 g/mol. The zero-order chi connectivity index (χ0) is 15.2. The van der Waals surface area contributed by atoms with E-state index in [-0.39, 0.29) is 0 Å². The molecule has 0 aliphatic carbocycles. The lowest BCUT2D eigenvalue weighted by atomic mass is 10.2. The third-order valence-corrected chi connectivity index (χ3v) is 2.99. The summed E-state index contributed by atoms with van der Waals surface area (Å²) in [6.07, 6.45) is 0. The molecule has 0 fully saturated rings. The second kappa shape index (κ2) is 6.82. The number of nitrogens with zero attached hydrogens (tertiary/aromatic N) is 2. The van der Waals surface area contributed by atoms with Crippen LogP contribution in [0.15, 0.2) is 24.3 Å². The first-order valence-corrected chi connectivity index (χ1v) is 6.63. The highest BCUT2D eigenvalue weighted by atomic mass is 16.5. The van der Waals surface area contributed by atoms with E-state index in [0.29, 0.717) is 18.9 Å². The number of aromatic nitrogens is 2. The van der Waals surface area contributed by atoms with Crippen molar-refractivity contribution in [1.82, 2.24) is 9.78 Å². The molecule has 1 heterocycles. The van der Waals surface area contributed by atoms with E-state index < -0.39 is 0 Å². The number of aryl methyl sites for hydroxylation is 2. The number of ether oxygens (including phenoxy) is 2. The van der Waals surface area contributed by atoms with Crippen LogP contribution in [-0.4, -0.2) is 23.4 Å². The van der Waals surface area contributed by atoms with E-state index in [0.717, 1.165) is 22.7 Å². The first-order valence-electron chi connectivity index (χ1n) is 6.63. The number of hydrogen-bond acceptors (Lipinski definition) is 4. The molecular formula is C16H19N3O2. The lowest BCUT2D eigenvalue weighted by molar-refractivity contribution is 0.293. The zero-order valence-electron chi connectivity index (χ0n) is 12.5. The average molecular weight is 285 g/mol. The van der Waals surface area contributed by atoms with Gasteiger partial charge in [-0.1, -0.05) is 11.8 Å². The SMILES string of the molecule is COc1ccc(OCc2cc(C)nn2C)c(C#CCN)c1. The zero-order valence-corrected chi connectivity index (χ0v) is 12.5. The number of methoxy groups -OCH3 is 1. The van der Waals surface area contributed by atoms with Crippen LogP contribution >= 0.6 is 0 Å². The van der Waals surface area contributed by atoms with Crippen LogP contribution in [-0.2, 0) is 13.7 Å². The van der Waals surface area contributed by atoms with Gasteiger partial charge < -0.3 is 15.2 Å². The van der Waals surface area contributed by atoms with Gasteiger partial charge in [0.1, 0.15) is 18.1 Å². The highest BCUT2D eigenvalue weighted by Crippen LogP contribution is 2.24. The van der Waals surface area contributed by atoms with Gasteiger partial charge in [0.25, 0.3) is 0 Å². The molecule has 5 nitrogen and oxygen atoms in total. The van der Waals surface area contributed by atoms with Gasteiger partial charge in [-0.15, -0.1) is 0 Å². The first kappa shape index (κ1) is 14.9. The predicted octanol–water partition coefficient (Wildman–Crippen LogP) is 1.63. The van der Waals surface area contributed by atoms with Crippen LogP contribution in [0.4, 0.5) is 0 Å². The van der Waals surface area contributed by atoms with Gasteiger partial charge in [-0.3, -0.25) is 4.68 Å². The molecule has 2 rings (SSSR count). The first-order chi connectivity index (χ1) is 10.1. The fourth-order valence-electron chi connectivity index (χ4n) is 1.96. The molecule has 0 unspecified atom stereocenters. The minimum atomic E-state index is 0.303. The van der Waals surface area contributed by atoms with Crippen molar-refractivity contribution < 1.29 is 9.47 Å². The molecule has 0 atom stereocenters. The molecule has 0 saturated carbocycles. The van der Waals surface area contributed by atoms with Gasteiger partial charge in [0.15, 0.2) is 0 Å². The molecule has 1 aromatic carbocycles. The molecule has 0 spiro atoms. The topological polar surface area (TPSA) is 62.3 Å². The van der Waals surface area contributed by atoms with Crippen LogP contribution in [0, 0.1) is 18.8 Å². The van der Waals surface area contributed by atoms with Crippen LogP contribution < -0.4 is 15.2 Å². The summed E-state index contributed by atoms with van der Waals surface area (Å²) < 4.78 is 12.9. The minimum Gasteiger partial charge on any atom is -0.497 e. The number of rotatable bonds is 4. The monoisotopic (exact) mass is 285 g/mol. The van der Waals surface area contributed by atoms with Gasteiger partial charge in [-0.2, -0.15) is 5.10 Å². The van der Waals surface area contributed by atoms with Crippen molar-refractivity contribution >= 4 is 0 Å². The highest BCUT2D eigenvalue weighted by Gasteiger charge is 2.07. The lowest BCUT2D eigenvalue weighted by Gasteiger charge is -2.10. The van der Waals surface area contributed by atoms with E-state index in [1.54, 1.807) is 7.11 Å². The van der Waals surface area contributed by atoms with E-state index in [1.807, 2.05) is 42.9 Å². The summed E-state index contributed by atoms with van der Waals surface area (Å²) in [7, 11) is 3.52. The maximum absolute atomic E-state index is 5.85. The fourth-order valence-corrected chi connectivity index (χ4v) is 1.96. The molecule has 0 bridgehead atoms. The molecule has 0 amide bonds. The molecule has 0 radical (unpaired) electrons. The molecule has 0 aliphatic heterocycles. The lowest BCUT2D eigenvalue weighted by Crippen LogP contribution is -2.04. The summed E-state index contributed by atoms with van der Waals surface area (Å²) in [5.41, 5.74) is 8.16. The van der Waals surface area contributed by atoms with E-state index in [1.165, 1.54) is 0 Å². The van der Waals surface area contributed by atoms with Crippen LogP contribution in [0.1, 0.15) is 17.0 Å². The maximum Gasteiger partial charge on any atom is 0.135 e. The fraction of sp³-hybridized carbons (Fsp3) is 0.312. The Balaban J connectivity index is 2.20. The third-order valence-electron chi connectivity index (χ3n) is 2.99. The van der Waals surface area contributed by atoms with Gasteiger partial charge >= 0.3 is 0 Å². The van der Waals surface area contributed by atoms with E-state index in [4.69, 9.17) is 15.2 Å². The predicted molar refractivity (Wildman–Crippen MR) is 81.2 cm³/mol. The normalized spacial score (nSPS) is 9.90. The van der Waals surface area contributed by atoms with E-state index in [9.17, 15) is 0 Å². The Labute approximate surface area is 124 Å². The molecule has 2 N–H and O–H groups in total. The Hall–Kier alpha value is -2.45. The van der Waals surface area contributed by atoms with Gasteiger partial charge in [-0.05, 0) is 31.2 Å². The quantitative estimate of drug-likeness (QED) is 0.867. The van der Waals surface area contributed by atoms with Gasteiger partial charge in [0, 0.05) is 7.05 Å². The van der Waals surface area contributed by atoms with Gasteiger partial charge in [0.2, 0.25) is 0 Å². The van der Waals surface area contributed by atoms with Crippen LogP contribution in [0.25, 0.3) is 0 Å². The molecule has 5 heteroatoms. The number of nitrogens with two attached hydrogens (primary N) is 1. The summed E-state index contributed by atoms with van der Waals surface area (Å²) in [4.78, 5) is 0. The second-order valence-corrected chi connectivity index (χ2v) is 4.56. The van der Waals surface area contributed by atoms with Crippen molar-refractivity contribution in [3.8, 4) is 23.3 Å². The Morgan fingerprint density at radius 2 is 2.14 bits per heavy atom. The van der Waals surface area contributed by atoms with Crippen molar-refractivity contribution in [2.45, 2.75) is 13.5 Å². The number of hydrogen-bond donors (Lipinski definition) is 1. The summed E-state index contributed by atoms with van der Waals surface area (Å²) in [5, 5.41) is 4.29. The average Bonchev–Trinajstić information content (AvgIpc) is 2.81. The van der Waals surface area contributed by atoms with Crippen LogP contribution in [0.2, 0.25) is 0 Å². The minimum absolute atomic E-state index is 0.303. The molecule has 0 aliphatic rings. The maximum atomic E-state index is 5.85. The Morgan fingerprint density at radius 1 is 1.33 bits per heavy atom. The van der Waals surface area contributed by atoms with Crippen molar-refractivity contribution in [3.05, 3.63) is 41.2 Å². The Morgan fingerprint density at radius 3 is 2.76 bits per heavy atom. The molecule has 21 heavy (non-hydrogen) atoms. The Bertz CT molecular complexity index is 681. The van der Waals surface area contributed by atoms with Crippen molar-refractivity contribution in [2.24, 2.45) is 12.8 Å². The van der Waals surface area contributed by atoms with Crippen LogP contribution in [0.3, 0.4) is 0 Å². The van der Waals surface area contributed by atoms with Crippen molar-refractivity contribution in [1.29, 1.82) is 0 Å². The van der Waals surface area contributed by atoms with Gasteiger partial charge in [-0.25, -0.2) is 0 Å². The molecule has 2 aromatic rings. The van der Waals surface area contributed by atoms with E-state index >= 15 is 0 Å². The Kier molecular flexibility index (Phi) is 4.85. The molecule has 110 valence electrons. The largest absolute Gasteiger partial charge is 0.497 e. The number of benzene rings is 1. The van der Waals surface area contributed by atoms with Gasteiger partial charge in [0.05, 0.1) is 30.6 Å². The standard InChI is InChI=1S/C16H19N3O2/c1-12-9-14(19(2)18-12)11-21-16-7-6-15(20-3)10-13(16)5-4-8-17/h6-7,9-10H,8,11,17H2,1-3H3. The van der Waals surface area contributed by atoms with Crippen molar-refractivity contribution in [2.75, 3.05) is 13.7 Å². The molecule has 0 saturated heterocycles. The van der Waals surface area contributed by atoms with E-state index in [2.05, 4.69) is 16.9 Å². The highest BCUT2D eigenvalue weighted by molar-refractivity contribution is 5.50. The second-order valence-electron chi connectivity index (χ2n) is 4.56. The summed E-state index contributed by atoms with van der Waals surface area (Å²) in [6, 6.07) is 7.53. The molecule has 1 aromatic heterocycles. The summed E-state index contributed by atoms with van der Waals surface area (Å²) >= 11 is 0. The van der Waals surface area contributed by atoms with Crippen LogP contribution in [0.5, 0.6) is 11.5 Å².